The van der Waals surface area contributed by atoms with Crippen molar-refractivity contribution in [1.82, 2.24) is 0 Å². The van der Waals surface area contributed by atoms with Gasteiger partial charge in [0.15, 0.2) is 0 Å². The van der Waals surface area contributed by atoms with Crippen LogP contribution < -0.4 is 0 Å². The molecular weight excluding hydrogens is 348 g/mol. The van der Waals surface area contributed by atoms with Gasteiger partial charge in [-0.1, -0.05) is 0 Å². The van der Waals surface area contributed by atoms with E-state index in [0.717, 1.165) is 11.8 Å². The van der Waals surface area contributed by atoms with Crippen LogP contribution in [0.5, 0.6) is 0 Å². The molecule has 0 aromatic heterocycles. The van der Waals surface area contributed by atoms with Gasteiger partial charge < -0.3 is 9.47 Å². The number of nitriles is 2. The molecule has 0 aliphatic heterocycles. The minimum absolute atomic E-state index is 0.296. The van der Waals surface area contributed by atoms with E-state index >= 15 is 0 Å². The molecule has 0 heterocycles. The van der Waals surface area contributed by atoms with Gasteiger partial charge >= 0.3 is 0 Å². The quantitative estimate of drug-likeness (QED) is 0.743. The molecule has 8 bridgehead atoms. The molecular formula is C24H22N2O2. The second kappa shape index (κ2) is 2.86. The molecule has 0 radical (unpaired) electrons. The third kappa shape index (κ3) is 0.536. The third-order valence-corrected chi connectivity index (χ3v) is 15.0. The Morgan fingerprint density at radius 1 is 0.536 bits per heavy atom. The molecule has 4 spiro atoms. The van der Waals surface area contributed by atoms with E-state index in [1.807, 2.05) is 14.2 Å². The molecule has 0 saturated heterocycles. The number of methoxy groups -OCH3 is 2. The Hall–Kier alpha value is -1.10. The Labute approximate surface area is 163 Å². The van der Waals surface area contributed by atoms with Crippen LogP contribution in [0.1, 0.15) is 0 Å². The van der Waals surface area contributed by atoms with E-state index in [1.165, 1.54) is 0 Å². The lowest BCUT2D eigenvalue weighted by atomic mass is 9.28. The van der Waals surface area contributed by atoms with Gasteiger partial charge in [-0.2, -0.15) is 10.5 Å². The van der Waals surface area contributed by atoms with E-state index in [-0.39, 0.29) is 0 Å². The van der Waals surface area contributed by atoms with Crippen LogP contribution in [0.2, 0.25) is 0 Å². The van der Waals surface area contributed by atoms with Crippen LogP contribution >= 0.6 is 0 Å². The summed E-state index contributed by atoms with van der Waals surface area (Å²) in [4.78, 5) is 0. The van der Waals surface area contributed by atoms with Gasteiger partial charge in [-0.3, -0.25) is 0 Å². The predicted octanol–water partition coefficient (Wildman–Crippen LogP) is 1.79. The molecule has 0 aromatic carbocycles. The summed E-state index contributed by atoms with van der Waals surface area (Å²) in [6.07, 6.45) is 0.897. The van der Waals surface area contributed by atoms with Gasteiger partial charge in [-0.05, 0) is 92.7 Å². The average Bonchev–Trinajstić information content (AvgIpc) is 3.48. The highest BCUT2D eigenvalue weighted by Crippen LogP contribution is 3.23. The fraction of sp³-hybridized carbons (Fsp3) is 0.917. The van der Waals surface area contributed by atoms with Gasteiger partial charge in [0.05, 0.1) is 36.2 Å². The highest BCUT2D eigenvalue weighted by molar-refractivity contribution is 5.69. The van der Waals surface area contributed by atoms with Crippen molar-refractivity contribution < 1.29 is 9.47 Å². The van der Waals surface area contributed by atoms with E-state index in [4.69, 9.17) is 9.47 Å². The number of rotatable bonds is 2. The van der Waals surface area contributed by atoms with Crippen molar-refractivity contribution in [1.29, 1.82) is 10.5 Å². The highest BCUT2D eigenvalue weighted by Gasteiger charge is 3.23. The summed E-state index contributed by atoms with van der Waals surface area (Å²) >= 11 is 0. The molecule has 13 aliphatic rings. The second-order valence-electron chi connectivity index (χ2n) is 12.7. The summed E-state index contributed by atoms with van der Waals surface area (Å²) in [6.45, 7) is 0. The Morgan fingerprint density at radius 3 is 1.07 bits per heavy atom. The minimum atomic E-state index is 0.296. The molecule has 140 valence electrons. The van der Waals surface area contributed by atoms with E-state index in [1.54, 1.807) is 0 Å². The van der Waals surface area contributed by atoms with Gasteiger partial charge in [0.2, 0.25) is 0 Å². The first-order valence-corrected chi connectivity index (χ1v) is 11.6. The standard InChI is InChI=1S/C24H22N2O2/c1-27-19-15-9-10-16(19)22-12-5(3-25)11-7-8(12)14-6(4-26)13(7)23(21(11,15)22)17(9)20(28-2)18(10)24(14,22)23/h5-20H,1-2H3. The molecule has 8 unspecified atom stereocenters. The van der Waals surface area contributed by atoms with Crippen LogP contribution in [0, 0.1) is 127 Å². The van der Waals surface area contributed by atoms with E-state index in [2.05, 4.69) is 12.1 Å². The Balaban J connectivity index is 1.40. The number of hydrogen-bond acceptors (Lipinski definition) is 4. The summed E-state index contributed by atoms with van der Waals surface area (Å²) in [5.41, 5.74) is 1.49. The zero-order chi connectivity index (χ0) is 18.1. The van der Waals surface area contributed by atoms with E-state index < -0.39 is 0 Å². The van der Waals surface area contributed by atoms with Gasteiger partial charge in [0, 0.05) is 14.2 Å². The fourth-order valence-corrected chi connectivity index (χ4v) is 17.6. The molecule has 28 heavy (non-hydrogen) atoms. The van der Waals surface area contributed by atoms with Crippen molar-refractivity contribution >= 4 is 0 Å². The first-order valence-electron chi connectivity index (χ1n) is 11.6. The number of hydrogen-bond donors (Lipinski definition) is 0. The van der Waals surface area contributed by atoms with Crippen molar-refractivity contribution in [2.24, 2.45) is 105 Å². The van der Waals surface area contributed by atoms with Crippen LogP contribution in [-0.4, -0.2) is 26.4 Å². The van der Waals surface area contributed by atoms with E-state index in [9.17, 15) is 10.5 Å². The van der Waals surface area contributed by atoms with Crippen LogP contribution in [-0.2, 0) is 9.47 Å². The first kappa shape index (κ1) is 13.3. The van der Waals surface area contributed by atoms with Crippen LogP contribution in [0.25, 0.3) is 0 Å². The first-order chi connectivity index (χ1) is 13.8. The summed E-state index contributed by atoms with van der Waals surface area (Å²) < 4.78 is 12.7. The Bertz CT molecular complexity index is 941. The number of nitrogens with zero attached hydrogens (tertiary/aromatic N) is 2. The molecule has 4 nitrogen and oxygen atoms in total. The summed E-state index contributed by atoms with van der Waals surface area (Å²) in [5, 5.41) is 20.7. The summed E-state index contributed by atoms with van der Waals surface area (Å²) in [7, 11) is 3.95. The number of ether oxygens (including phenoxy) is 2. The molecule has 0 N–H and O–H groups in total. The van der Waals surface area contributed by atoms with Gasteiger partial charge in [-0.15, -0.1) is 0 Å². The van der Waals surface area contributed by atoms with E-state index in [0.29, 0.717) is 105 Å². The smallest absolute Gasteiger partial charge is 0.0662 e. The highest BCUT2D eigenvalue weighted by atomic mass is 16.5. The fourth-order valence-electron chi connectivity index (χ4n) is 17.6. The maximum Gasteiger partial charge on any atom is 0.0662 e. The molecule has 13 saturated carbocycles. The Kier molecular flexibility index (Phi) is 1.35. The van der Waals surface area contributed by atoms with Crippen molar-refractivity contribution in [3.05, 3.63) is 0 Å². The molecule has 13 rings (SSSR count). The SMILES string of the molecule is COC1C2C3C4C1C15C6C(C#N)C7C8C6C6C(C#N)C8C8(C3C(OC)C4C618)C725. The largest absolute Gasteiger partial charge is 0.381 e. The lowest BCUT2D eigenvalue weighted by molar-refractivity contribution is -0.297. The van der Waals surface area contributed by atoms with Crippen molar-refractivity contribution in [2.45, 2.75) is 12.2 Å². The topological polar surface area (TPSA) is 66.0 Å². The van der Waals surface area contributed by atoms with Crippen molar-refractivity contribution in [3.63, 3.8) is 0 Å². The molecule has 0 aromatic rings. The maximum absolute atomic E-state index is 10.4. The predicted molar refractivity (Wildman–Crippen MR) is 91.4 cm³/mol. The summed E-state index contributed by atoms with van der Waals surface area (Å²) in [6, 6.07) is 5.81. The van der Waals surface area contributed by atoms with Gasteiger partial charge in [0.25, 0.3) is 0 Å². The lowest BCUT2D eigenvalue weighted by Gasteiger charge is -2.74. The lowest BCUT2D eigenvalue weighted by Crippen LogP contribution is -2.73. The molecule has 0 amide bonds. The zero-order valence-corrected chi connectivity index (χ0v) is 15.9. The third-order valence-electron chi connectivity index (χ3n) is 15.0. The molecule has 4 heteroatoms. The minimum Gasteiger partial charge on any atom is -0.381 e. The second-order valence-corrected chi connectivity index (χ2v) is 12.7. The van der Waals surface area contributed by atoms with Gasteiger partial charge in [0.1, 0.15) is 0 Å². The normalized spacial score (nSPS) is 90.6. The Morgan fingerprint density at radius 2 is 0.821 bits per heavy atom. The monoisotopic (exact) mass is 370 g/mol. The molecule has 13 fully saturated rings. The zero-order valence-electron chi connectivity index (χ0n) is 15.9. The molecule has 8 atom stereocenters. The van der Waals surface area contributed by atoms with Crippen LogP contribution in [0.15, 0.2) is 0 Å². The van der Waals surface area contributed by atoms with Crippen LogP contribution in [0.4, 0.5) is 0 Å². The maximum atomic E-state index is 10.4. The summed E-state index contributed by atoms with van der Waals surface area (Å²) in [5.74, 6) is 8.70. The van der Waals surface area contributed by atoms with Crippen LogP contribution in [0.3, 0.4) is 0 Å². The van der Waals surface area contributed by atoms with Crippen molar-refractivity contribution in [3.8, 4) is 12.1 Å². The average molecular weight is 370 g/mol. The van der Waals surface area contributed by atoms with Gasteiger partial charge in [-0.25, -0.2) is 0 Å². The van der Waals surface area contributed by atoms with Crippen molar-refractivity contribution in [2.75, 3.05) is 14.2 Å². The molecule has 13 aliphatic carbocycles.